The Hall–Kier alpha value is -3.06. The van der Waals surface area contributed by atoms with Crippen molar-refractivity contribution < 1.29 is 14.3 Å². The molecule has 0 spiro atoms. The molecule has 2 heterocycles. The van der Waals surface area contributed by atoms with Crippen LogP contribution in [0.4, 0.5) is 11.4 Å². The van der Waals surface area contributed by atoms with Gasteiger partial charge in [0.25, 0.3) is 5.91 Å². The summed E-state index contributed by atoms with van der Waals surface area (Å²) >= 11 is 0. The Morgan fingerprint density at radius 1 is 1.41 bits per heavy atom. The van der Waals surface area contributed by atoms with Gasteiger partial charge in [-0.15, -0.1) is 0 Å². The van der Waals surface area contributed by atoms with Crippen molar-refractivity contribution in [1.82, 2.24) is 9.88 Å². The molecule has 0 aliphatic carbocycles. The zero-order chi connectivity index (χ0) is 19.2. The van der Waals surface area contributed by atoms with Crippen molar-refractivity contribution in [3.05, 3.63) is 36.4 Å². The number of amides is 1. The third-order valence-corrected chi connectivity index (χ3v) is 4.21. The fourth-order valence-electron chi connectivity index (χ4n) is 2.78. The van der Waals surface area contributed by atoms with Gasteiger partial charge in [-0.1, -0.05) is 30.3 Å². The van der Waals surface area contributed by atoms with Gasteiger partial charge < -0.3 is 14.4 Å². The first-order valence-electron chi connectivity index (χ1n) is 8.69. The molecule has 27 heavy (non-hydrogen) atoms. The molecule has 1 aliphatic heterocycles. The van der Waals surface area contributed by atoms with Gasteiger partial charge in [0, 0.05) is 25.4 Å². The van der Waals surface area contributed by atoms with Gasteiger partial charge in [0.15, 0.2) is 11.8 Å². The van der Waals surface area contributed by atoms with E-state index in [4.69, 9.17) is 9.47 Å². The summed E-state index contributed by atoms with van der Waals surface area (Å²) in [6.07, 6.45) is 1.01. The Morgan fingerprint density at radius 2 is 2.19 bits per heavy atom. The number of carbonyl (C=O) groups is 1. The minimum Gasteiger partial charge on any atom is -0.473 e. The van der Waals surface area contributed by atoms with Crippen molar-refractivity contribution in [3.8, 4) is 17.1 Å². The van der Waals surface area contributed by atoms with Crippen LogP contribution < -0.4 is 4.74 Å². The number of pyridine rings is 1. The first kappa shape index (κ1) is 18.7. The Balaban J connectivity index is 1.93. The molecule has 1 aromatic carbocycles. The smallest absolute Gasteiger partial charge is 0.255 e. The molecule has 1 fully saturated rings. The summed E-state index contributed by atoms with van der Waals surface area (Å²) in [6, 6.07) is 11.6. The van der Waals surface area contributed by atoms with Gasteiger partial charge in [0.05, 0.1) is 18.0 Å². The van der Waals surface area contributed by atoms with E-state index in [1.165, 1.54) is 0 Å². The highest BCUT2D eigenvalue weighted by Crippen LogP contribution is 2.39. The van der Waals surface area contributed by atoms with Crippen LogP contribution in [0.25, 0.3) is 11.3 Å². The maximum absolute atomic E-state index is 12.2. The van der Waals surface area contributed by atoms with Crippen LogP contribution >= 0.6 is 0 Å². The number of carbonyl (C=O) groups excluding carboxylic acids is 1. The highest BCUT2D eigenvalue weighted by molar-refractivity contribution is 5.82. The predicted molar refractivity (Wildman–Crippen MR) is 106 cm³/mol. The summed E-state index contributed by atoms with van der Waals surface area (Å²) in [5, 5.41) is 0. The first-order chi connectivity index (χ1) is 13.1. The normalized spacial score (nSPS) is 17.3. The van der Waals surface area contributed by atoms with E-state index in [1.807, 2.05) is 43.3 Å². The topological polar surface area (TPSA) is 76.4 Å². The molecule has 140 valence electrons. The molecule has 2 aromatic rings. The monoisotopic (exact) mass is 366 g/mol. The minimum atomic E-state index is -0.665. The number of ether oxygens (including phenoxy) is 2. The molecule has 1 aromatic heterocycles. The Kier molecular flexibility index (Phi) is 5.93. The van der Waals surface area contributed by atoms with Crippen LogP contribution in [0.3, 0.4) is 0 Å². The maximum Gasteiger partial charge on any atom is 0.255 e. The third kappa shape index (κ3) is 4.20. The second kappa shape index (κ2) is 8.55. The molecule has 1 amide bonds. The van der Waals surface area contributed by atoms with E-state index >= 15 is 0 Å². The summed E-state index contributed by atoms with van der Waals surface area (Å²) < 4.78 is 11.4. The standard InChI is InChI=1S/C20H22N4O3/c1-4-22-16-12-15(14-8-6-5-7-9-14)23-19(18(16)21-2)27-13-17-20(25)24(3)10-11-26-17/h4-9,12,17H,2,10-11,13H2,1,3H3. The molecular weight excluding hydrogens is 344 g/mol. The predicted octanol–water partition coefficient (Wildman–Crippen LogP) is 3.04. The highest BCUT2D eigenvalue weighted by atomic mass is 16.5. The second-order valence-corrected chi connectivity index (χ2v) is 6.02. The zero-order valence-corrected chi connectivity index (χ0v) is 15.5. The van der Waals surface area contributed by atoms with E-state index in [2.05, 4.69) is 21.7 Å². The van der Waals surface area contributed by atoms with Crippen molar-refractivity contribution in [3.63, 3.8) is 0 Å². The summed E-state index contributed by atoms with van der Waals surface area (Å²) in [5.41, 5.74) is 2.66. The summed E-state index contributed by atoms with van der Waals surface area (Å²) in [7, 11) is 1.75. The van der Waals surface area contributed by atoms with Gasteiger partial charge in [-0.25, -0.2) is 4.98 Å². The molecule has 7 heteroatoms. The van der Waals surface area contributed by atoms with Crippen LogP contribution in [0, 0.1) is 0 Å². The van der Waals surface area contributed by atoms with E-state index < -0.39 is 6.10 Å². The lowest BCUT2D eigenvalue weighted by Gasteiger charge is -2.29. The van der Waals surface area contributed by atoms with Gasteiger partial charge in [0.1, 0.15) is 6.61 Å². The SMILES string of the molecule is C=Nc1c(N=CC)cc(-c2ccccc2)nc1OCC1OCCN(C)C1=O. The van der Waals surface area contributed by atoms with E-state index in [0.717, 1.165) is 5.56 Å². The van der Waals surface area contributed by atoms with Gasteiger partial charge >= 0.3 is 0 Å². The number of aliphatic imine (C=N–C) groups is 2. The van der Waals surface area contributed by atoms with Crippen molar-refractivity contribution in [2.75, 3.05) is 26.8 Å². The minimum absolute atomic E-state index is 0.0478. The van der Waals surface area contributed by atoms with Crippen LogP contribution in [-0.4, -0.2) is 61.6 Å². The summed E-state index contributed by atoms with van der Waals surface area (Å²) in [5.74, 6) is 0.164. The Bertz CT molecular complexity index is 852. The lowest BCUT2D eigenvalue weighted by atomic mass is 10.1. The summed E-state index contributed by atoms with van der Waals surface area (Å²) in [4.78, 5) is 26.8. The zero-order valence-electron chi connectivity index (χ0n) is 15.5. The van der Waals surface area contributed by atoms with Crippen LogP contribution in [-0.2, 0) is 9.53 Å². The molecule has 0 bridgehead atoms. The van der Waals surface area contributed by atoms with E-state index in [9.17, 15) is 4.79 Å². The van der Waals surface area contributed by atoms with Gasteiger partial charge in [-0.3, -0.25) is 14.8 Å². The molecule has 1 atom stereocenters. The number of likely N-dealkylation sites (N-methyl/N-ethyl adjacent to an activating group) is 1. The molecule has 1 unspecified atom stereocenters. The number of benzene rings is 1. The van der Waals surface area contributed by atoms with Gasteiger partial charge in [-0.2, -0.15) is 0 Å². The lowest BCUT2D eigenvalue weighted by Crippen LogP contribution is -2.48. The molecule has 0 N–H and O–H groups in total. The quantitative estimate of drug-likeness (QED) is 0.737. The van der Waals surface area contributed by atoms with Crippen LogP contribution in [0.1, 0.15) is 6.92 Å². The average Bonchev–Trinajstić information content (AvgIpc) is 2.69. The van der Waals surface area contributed by atoms with Crippen LogP contribution in [0.15, 0.2) is 46.4 Å². The van der Waals surface area contributed by atoms with Gasteiger partial charge in [0.2, 0.25) is 5.88 Å². The second-order valence-electron chi connectivity index (χ2n) is 6.02. The lowest BCUT2D eigenvalue weighted by molar-refractivity contribution is -0.153. The molecule has 1 saturated heterocycles. The number of morpholine rings is 1. The van der Waals surface area contributed by atoms with E-state index in [0.29, 0.717) is 30.2 Å². The van der Waals surface area contributed by atoms with E-state index in [1.54, 1.807) is 18.2 Å². The molecule has 1 aliphatic rings. The van der Waals surface area contributed by atoms with Crippen LogP contribution in [0.5, 0.6) is 5.88 Å². The Morgan fingerprint density at radius 3 is 2.89 bits per heavy atom. The third-order valence-electron chi connectivity index (χ3n) is 4.21. The molecule has 0 radical (unpaired) electrons. The van der Waals surface area contributed by atoms with Crippen molar-refractivity contribution in [2.24, 2.45) is 9.98 Å². The maximum atomic E-state index is 12.2. The van der Waals surface area contributed by atoms with Crippen molar-refractivity contribution >= 4 is 30.2 Å². The first-order valence-corrected chi connectivity index (χ1v) is 8.69. The van der Waals surface area contributed by atoms with Crippen LogP contribution in [0.2, 0.25) is 0 Å². The van der Waals surface area contributed by atoms with Gasteiger partial charge in [-0.05, 0) is 19.7 Å². The number of aromatic nitrogens is 1. The number of nitrogens with zero attached hydrogens (tertiary/aromatic N) is 4. The fraction of sp³-hybridized carbons (Fsp3) is 0.300. The number of hydrogen-bond donors (Lipinski definition) is 0. The fourth-order valence-corrected chi connectivity index (χ4v) is 2.78. The average molecular weight is 366 g/mol. The molecule has 0 saturated carbocycles. The Labute approximate surface area is 158 Å². The molecule has 3 rings (SSSR count). The van der Waals surface area contributed by atoms with E-state index in [-0.39, 0.29) is 18.4 Å². The molecular formula is C20H22N4O3. The largest absolute Gasteiger partial charge is 0.473 e. The van der Waals surface area contributed by atoms with Crippen molar-refractivity contribution in [1.29, 1.82) is 0 Å². The highest BCUT2D eigenvalue weighted by Gasteiger charge is 2.28. The number of hydrogen-bond acceptors (Lipinski definition) is 6. The number of rotatable bonds is 6. The molecule has 7 nitrogen and oxygen atoms in total. The summed E-state index contributed by atoms with van der Waals surface area (Å²) in [6.45, 7) is 6.53. The van der Waals surface area contributed by atoms with Crippen molar-refractivity contribution in [2.45, 2.75) is 13.0 Å².